The Morgan fingerprint density at radius 1 is 1.19 bits per heavy atom. The lowest BCUT2D eigenvalue weighted by molar-refractivity contribution is -0.123. The summed E-state index contributed by atoms with van der Waals surface area (Å²) in [5, 5.41) is 5.72. The van der Waals surface area contributed by atoms with Gasteiger partial charge in [0.25, 0.3) is 0 Å². The molecule has 6 heteroatoms. The molecule has 116 valence electrons. The number of thiophene rings is 1. The lowest BCUT2D eigenvalue weighted by atomic mass is 9.80. The van der Waals surface area contributed by atoms with E-state index in [4.69, 9.17) is 9.31 Å². The van der Waals surface area contributed by atoms with Crippen LogP contribution in [-0.2, 0) is 14.1 Å². The van der Waals surface area contributed by atoms with Crippen molar-refractivity contribution >= 4 is 34.8 Å². The van der Waals surface area contributed by atoms with Crippen molar-refractivity contribution in [1.29, 1.82) is 0 Å². The second-order valence-corrected chi connectivity index (χ2v) is 8.41. The van der Waals surface area contributed by atoms with E-state index in [9.17, 15) is 4.79 Å². The Bertz CT molecular complexity index is 529. The highest BCUT2D eigenvalue weighted by atomic mass is 32.1. The Morgan fingerprint density at radius 3 is 2.19 bits per heavy atom. The molecule has 0 bridgehead atoms. The molecular weight excluding hydrogens is 285 g/mol. The maximum atomic E-state index is 12.2. The van der Waals surface area contributed by atoms with E-state index in [-0.39, 0.29) is 17.1 Å². The summed E-state index contributed by atoms with van der Waals surface area (Å²) in [5.41, 5.74) is -0.316. The minimum Gasteiger partial charge on any atom is -0.399 e. The predicted molar refractivity (Wildman–Crippen MR) is 88.1 cm³/mol. The van der Waals surface area contributed by atoms with Gasteiger partial charge in [-0.1, -0.05) is 20.8 Å². The van der Waals surface area contributed by atoms with Crippen molar-refractivity contribution in [2.45, 2.75) is 59.7 Å². The third kappa shape index (κ3) is 3.17. The van der Waals surface area contributed by atoms with Gasteiger partial charge in [-0.25, -0.2) is 0 Å². The average molecular weight is 309 g/mol. The van der Waals surface area contributed by atoms with E-state index in [1.165, 1.54) is 11.3 Å². The molecule has 1 fully saturated rings. The van der Waals surface area contributed by atoms with Gasteiger partial charge >= 0.3 is 7.12 Å². The van der Waals surface area contributed by atoms with Crippen LogP contribution in [0.2, 0.25) is 0 Å². The second kappa shape index (κ2) is 5.11. The quantitative estimate of drug-likeness (QED) is 0.854. The van der Waals surface area contributed by atoms with Crippen molar-refractivity contribution in [2.75, 3.05) is 5.32 Å². The molecule has 0 atom stereocenters. The van der Waals surface area contributed by atoms with Crippen LogP contribution in [-0.4, -0.2) is 24.2 Å². The fraction of sp³-hybridized carbons (Fsp3) is 0.667. The maximum Gasteiger partial charge on any atom is 0.497 e. The highest BCUT2D eigenvalue weighted by molar-refractivity contribution is 7.16. The zero-order valence-electron chi connectivity index (χ0n) is 13.9. The Labute approximate surface area is 131 Å². The van der Waals surface area contributed by atoms with Gasteiger partial charge in [0.05, 0.1) is 16.2 Å². The Morgan fingerprint density at radius 2 is 1.71 bits per heavy atom. The van der Waals surface area contributed by atoms with Gasteiger partial charge in [0.2, 0.25) is 5.91 Å². The molecule has 1 saturated heterocycles. The van der Waals surface area contributed by atoms with Gasteiger partial charge in [0.15, 0.2) is 0 Å². The molecule has 0 spiro atoms. The van der Waals surface area contributed by atoms with Crippen LogP contribution in [0.1, 0.15) is 48.5 Å². The standard InChI is InChI=1S/C15H24BNO3S/c1-13(2,3)12(18)17-11-10(8-9-21-11)16-19-14(4,5)15(6,7)20-16/h8-9H,1-7H3,(H,17,18). The first-order valence-corrected chi connectivity index (χ1v) is 8.06. The molecule has 0 aliphatic carbocycles. The molecule has 1 aromatic heterocycles. The van der Waals surface area contributed by atoms with Crippen LogP contribution < -0.4 is 10.8 Å². The molecule has 1 N–H and O–H groups in total. The summed E-state index contributed by atoms with van der Waals surface area (Å²) in [6.07, 6.45) is 0. The van der Waals surface area contributed by atoms with Gasteiger partial charge in [-0.2, -0.15) is 0 Å². The van der Waals surface area contributed by atoms with Gasteiger partial charge in [-0.15, -0.1) is 11.3 Å². The number of rotatable bonds is 2. The molecule has 0 radical (unpaired) electrons. The maximum absolute atomic E-state index is 12.2. The Balaban J connectivity index is 2.21. The lowest BCUT2D eigenvalue weighted by Crippen LogP contribution is -2.41. The fourth-order valence-electron chi connectivity index (χ4n) is 1.87. The summed E-state index contributed by atoms with van der Waals surface area (Å²) in [5.74, 6) is -0.0114. The molecule has 2 rings (SSSR count). The number of carbonyl (C=O) groups excluding carboxylic acids is 1. The van der Waals surface area contributed by atoms with Crippen molar-refractivity contribution in [1.82, 2.24) is 0 Å². The van der Waals surface area contributed by atoms with Crippen molar-refractivity contribution < 1.29 is 14.1 Å². The Hall–Kier alpha value is -0.845. The van der Waals surface area contributed by atoms with Gasteiger partial charge in [0.1, 0.15) is 0 Å². The summed E-state index contributed by atoms with van der Waals surface area (Å²) in [6.45, 7) is 13.8. The molecule has 0 aromatic carbocycles. The van der Waals surface area contributed by atoms with Gasteiger partial charge in [-0.05, 0) is 39.1 Å². The number of amides is 1. The largest absolute Gasteiger partial charge is 0.497 e. The number of carbonyl (C=O) groups is 1. The van der Waals surface area contributed by atoms with E-state index in [1.807, 2.05) is 59.9 Å². The molecule has 2 heterocycles. The van der Waals surface area contributed by atoms with E-state index in [0.29, 0.717) is 0 Å². The summed E-state index contributed by atoms with van der Waals surface area (Å²) >= 11 is 1.49. The van der Waals surface area contributed by atoms with Crippen molar-refractivity contribution in [3.63, 3.8) is 0 Å². The topological polar surface area (TPSA) is 47.6 Å². The zero-order valence-corrected chi connectivity index (χ0v) is 14.7. The number of anilines is 1. The summed E-state index contributed by atoms with van der Waals surface area (Å²) in [7, 11) is -0.448. The van der Waals surface area contributed by atoms with E-state index >= 15 is 0 Å². The predicted octanol–water partition coefficient (Wildman–Crippen LogP) is 3.03. The fourth-order valence-corrected chi connectivity index (χ4v) is 2.67. The first-order chi connectivity index (χ1) is 9.44. The van der Waals surface area contributed by atoms with Gasteiger partial charge in [0, 0.05) is 10.9 Å². The summed E-state index contributed by atoms with van der Waals surface area (Å²) in [4.78, 5) is 12.2. The second-order valence-electron chi connectivity index (χ2n) is 7.50. The molecule has 0 saturated carbocycles. The molecule has 21 heavy (non-hydrogen) atoms. The van der Waals surface area contributed by atoms with Crippen LogP contribution in [0.4, 0.5) is 5.00 Å². The summed E-state index contributed by atoms with van der Waals surface area (Å²) in [6, 6.07) is 1.95. The van der Waals surface area contributed by atoms with Crippen molar-refractivity contribution in [3.05, 3.63) is 11.4 Å². The number of nitrogens with one attached hydrogen (secondary N) is 1. The van der Waals surface area contributed by atoms with Crippen molar-refractivity contribution in [2.24, 2.45) is 5.41 Å². The molecular formula is C15H24BNO3S. The van der Waals surface area contributed by atoms with Crippen LogP contribution in [0, 0.1) is 5.41 Å². The molecule has 1 aliphatic rings. The SMILES string of the molecule is CC(C)(C)C(=O)Nc1sccc1B1OC(C)(C)C(C)(C)O1. The third-order valence-electron chi connectivity index (χ3n) is 4.11. The van der Waals surface area contributed by atoms with E-state index in [0.717, 1.165) is 10.5 Å². The van der Waals surface area contributed by atoms with Crippen LogP contribution in [0.3, 0.4) is 0 Å². The smallest absolute Gasteiger partial charge is 0.399 e. The van der Waals surface area contributed by atoms with Crippen LogP contribution in [0.25, 0.3) is 0 Å². The highest BCUT2D eigenvalue weighted by Gasteiger charge is 2.52. The van der Waals surface area contributed by atoms with Crippen LogP contribution in [0.5, 0.6) is 0 Å². The third-order valence-corrected chi connectivity index (χ3v) is 4.96. The van der Waals surface area contributed by atoms with Crippen molar-refractivity contribution in [3.8, 4) is 0 Å². The highest BCUT2D eigenvalue weighted by Crippen LogP contribution is 2.37. The van der Waals surface area contributed by atoms with E-state index in [2.05, 4.69) is 5.32 Å². The monoisotopic (exact) mass is 309 g/mol. The molecule has 4 nitrogen and oxygen atoms in total. The minimum absolute atomic E-state index is 0.0114. The van der Waals surface area contributed by atoms with E-state index in [1.54, 1.807) is 0 Å². The lowest BCUT2D eigenvalue weighted by Gasteiger charge is -2.32. The van der Waals surface area contributed by atoms with Crippen LogP contribution in [0.15, 0.2) is 11.4 Å². The normalized spacial score (nSPS) is 20.6. The Kier molecular flexibility index (Phi) is 4.02. The van der Waals surface area contributed by atoms with Gasteiger partial charge < -0.3 is 14.6 Å². The van der Waals surface area contributed by atoms with Crippen LogP contribution >= 0.6 is 11.3 Å². The molecule has 1 amide bonds. The molecule has 1 aliphatic heterocycles. The average Bonchev–Trinajstić information content (AvgIpc) is 2.81. The molecule has 1 aromatic rings. The van der Waals surface area contributed by atoms with Gasteiger partial charge in [-0.3, -0.25) is 4.79 Å². The number of hydrogen-bond donors (Lipinski definition) is 1. The molecule has 0 unspecified atom stereocenters. The first kappa shape index (κ1) is 16.5. The minimum atomic E-state index is -0.448. The van der Waals surface area contributed by atoms with E-state index < -0.39 is 12.5 Å². The number of hydrogen-bond acceptors (Lipinski definition) is 4. The summed E-state index contributed by atoms with van der Waals surface area (Å²) < 4.78 is 12.1. The zero-order chi connectivity index (χ0) is 16.1. The first-order valence-electron chi connectivity index (χ1n) is 7.18.